The lowest BCUT2D eigenvalue weighted by Gasteiger charge is -1.85. The number of imidazole rings is 1. The van der Waals surface area contributed by atoms with E-state index in [4.69, 9.17) is 4.42 Å². The Morgan fingerprint density at radius 1 is 1.29 bits per heavy atom. The van der Waals surface area contributed by atoms with Crippen LogP contribution in [0.25, 0.3) is 22.6 Å². The van der Waals surface area contributed by atoms with Gasteiger partial charge in [-0.2, -0.15) is 0 Å². The number of H-pyrrole nitrogens is 1. The minimum Gasteiger partial charge on any atom is -0.461 e. The van der Waals surface area contributed by atoms with Crippen molar-refractivity contribution >= 4 is 11.0 Å². The third-order valence-electron chi connectivity index (χ3n) is 2.06. The fraction of sp³-hybridized carbons (Fsp3) is 0. The molecule has 14 heavy (non-hydrogen) atoms. The summed E-state index contributed by atoms with van der Waals surface area (Å²) in [6.07, 6.45) is 1.63. The van der Waals surface area contributed by atoms with E-state index in [9.17, 15) is 0 Å². The second-order valence-electron chi connectivity index (χ2n) is 2.99. The van der Waals surface area contributed by atoms with Crippen LogP contribution in [-0.4, -0.2) is 9.97 Å². The van der Waals surface area contributed by atoms with E-state index in [2.05, 4.69) is 16.0 Å². The van der Waals surface area contributed by atoms with E-state index < -0.39 is 0 Å². The molecule has 1 N–H and O–H groups in total. The molecule has 2 aromatic heterocycles. The van der Waals surface area contributed by atoms with Crippen molar-refractivity contribution in [3.8, 4) is 11.6 Å². The summed E-state index contributed by atoms with van der Waals surface area (Å²) in [5, 5.41) is 0. The van der Waals surface area contributed by atoms with E-state index in [1.54, 1.807) is 6.26 Å². The third kappa shape index (κ3) is 1.03. The van der Waals surface area contributed by atoms with Crippen LogP contribution in [0.15, 0.2) is 41.0 Å². The zero-order chi connectivity index (χ0) is 9.38. The van der Waals surface area contributed by atoms with Crippen molar-refractivity contribution in [3.63, 3.8) is 0 Å². The summed E-state index contributed by atoms with van der Waals surface area (Å²) in [5.41, 5.74) is 1.80. The molecule has 1 aromatic carbocycles. The molecule has 0 saturated carbocycles. The molecule has 0 aliphatic carbocycles. The molecule has 0 spiro atoms. The fourth-order valence-corrected chi connectivity index (χ4v) is 1.42. The molecular formula is C11H7N2O. The summed E-state index contributed by atoms with van der Waals surface area (Å²) in [5.74, 6) is 1.49. The highest BCUT2D eigenvalue weighted by Crippen LogP contribution is 2.19. The second kappa shape index (κ2) is 2.73. The highest BCUT2D eigenvalue weighted by molar-refractivity contribution is 5.77. The molecule has 0 unspecified atom stereocenters. The van der Waals surface area contributed by atoms with Crippen LogP contribution in [0.3, 0.4) is 0 Å². The summed E-state index contributed by atoms with van der Waals surface area (Å²) >= 11 is 0. The Kier molecular flexibility index (Phi) is 1.44. The van der Waals surface area contributed by atoms with Crippen LogP contribution in [0.4, 0.5) is 0 Å². The van der Waals surface area contributed by atoms with Crippen LogP contribution in [0.1, 0.15) is 0 Å². The van der Waals surface area contributed by atoms with Crippen LogP contribution in [-0.2, 0) is 0 Å². The van der Waals surface area contributed by atoms with Gasteiger partial charge < -0.3 is 9.40 Å². The number of aromatic amines is 1. The number of nitrogens with one attached hydrogen (secondary N) is 1. The Balaban J connectivity index is 2.24. The van der Waals surface area contributed by atoms with Crippen LogP contribution in [0.5, 0.6) is 0 Å². The molecule has 3 heteroatoms. The van der Waals surface area contributed by atoms with Gasteiger partial charge in [0.15, 0.2) is 11.6 Å². The van der Waals surface area contributed by atoms with Gasteiger partial charge >= 0.3 is 0 Å². The molecule has 3 nitrogen and oxygen atoms in total. The number of para-hydroxylation sites is 1. The van der Waals surface area contributed by atoms with Crippen molar-refractivity contribution in [1.82, 2.24) is 9.97 Å². The van der Waals surface area contributed by atoms with E-state index in [0.29, 0.717) is 0 Å². The molecular weight excluding hydrogens is 176 g/mol. The Morgan fingerprint density at radius 3 is 3.07 bits per heavy atom. The number of hydrogen-bond donors (Lipinski definition) is 1. The maximum absolute atomic E-state index is 5.24. The molecule has 1 radical (unpaired) electrons. The number of hydrogen-bond acceptors (Lipinski definition) is 2. The number of aromatic nitrogens is 2. The number of nitrogens with zero attached hydrogens (tertiary/aromatic N) is 1. The van der Waals surface area contributed by atoms with Crippen LogP contribution >= 0.6 is 0 Å². The van der Waals surface area contributed by atoms with Crippen molar-refractivity contribution in [1.29, 1.82) is 0 Å². The summed E-state index contributed by atoms with van der Waals surface area (Å²) in [4.78, 5) is 7.51. The average molecular weight is 183 g/mol. The first kappa shape index (κ1) is 7.38. The Bertz CT molecular complexity index is 518. The molecule has 0 amide bonds. The zero-order valence-electron chi connectivity index (χ0n) is 7.32. The lowest BCUT2D eigenvalue weighted by atomic mass is 10.3. The van der Waals surface area contributed by atoms with Gasteiger partial charge in [0.25, 0.3) is 0 Å². The first-order chi connectivity index (χ1) is 6.93. The van der Waals surface area contributed by atoms with Crippen molar-refractivity contribution in [2.45, 2.75) is 0 Å². The quantitative estimate of drug-likeness (QED) is 0.630. The SMILES string of the molecule is [c]1cccc2nc(-c3ccco3)[nH]c12. The predicted molar refractivity (Wildman–Crippen MR) is 52.6 cm³/mol. The maximum Gasteiger partial charge on any atom is 0.174 e. The van der Waals surface area contributed by atoms with Gasteiger partial charge in [-0.1, -0.05) is 12.1 Å². The van der Waals surface area contributed by atoms with E-state index in [0.717, 1.165) is 22.6 Å². The Hall–Kier alpha value is -2.03. The van der Waals surface area contributed by atoms with E-state index in [1.807, 2.05) is 30.3 Å². The standard InChI is InChI=1S/C11H7N2O/c1-2-5-9-8(4-1)12-11(13-9)10-6-3-7-14-10/h1-4,6-7H,(H,12,13). The van der Waals surface area contributed by atoms with Gasteiger partial charge in [0.05, 0.1) is 17.3 Å². The summed E-state index contributed by atoms with van der Waals surface area (Å²) in [6.45, 7) is 0. The van der Waals surface area contributed by atoms with Crippen LogP contribution in [0, 0.1) is 6.07 Å². The molecule has 3 aromatic rings. The molecule has 2 heterocycles. The first-order valence-electron chi connectivity index (χ1n) is 4.34. The van der Waals surface area contributed by atoms with Gasteiger partial charge in [-0.15, -0.1) is 0 Å². The lowest BCUT2D eigenvalue weighted by Crippen LogP contribution is -1.73. The molecule has 67 valence electrons. The van der Waals surface area contributed by atoms with Gasteiger partial charge in [0, 0.05) is 6.07 Å². The third-order valence-corrected chi connectivity index (χ3v) is 2.06. The number of fused-ring (bicyclic) bond motifs is 1. The molecule has 0 aliphatic rings. The maximum atomic E-state index is 5.24. The first-order valence-corrected chi connectivity index (χ1v) is 4.34. The number of rotatable bonds is 1. The van der Waals surface area contributed by atoms with Crippen molar-refractivity contribution in [3.05, 3.63) is 42.7 Å². The number of furan rings is 1. The minimum atomic E-state index is 0.743. The molecule has 0 aliphatic heterocycles. The van der Waals surface area contributed by atoms with Crippen LogP contribution in [0.2, 0.25) is 0 Å². The van der Waals surface area contributed by atoms with Crippen LogP contribution < -0.4 is 0 Å². The van der Waals surface area contributed by atoms with Crippen molar-refractivity contribution in [2.24, 2.45) is 0 Å². The largest absolute Gasteiger partial charge is 0.461 e. The molecule has 0 saturated heterocycles. The Labute approximate surface area is 80.4 Å². The molecule has 0 bridgehead atoms. The Morgan fingerprint density at radius 2 is 2.29 bits per heavy atom. The monoisotopic (exact) mass is 183 g/mol. The second-order valence-corrected chi connectivity index (χ2v) is 2.99. The molecule has 3 rings (SSSR count). The highest BCUT2D eigenvalue weighted by atomic mass is 16.3. The van der Waals surface area contributed by atoms with E-state index >= 15 is 0 Å². The minimum absolute atomic E-state index is 0.743. The van der Waals surface area contributed by atoms with Gasteiger partial charge in [-0.25, -0.2) is 4.98 Å². The summed E-state index contributed by atoms with van der Waals surface area (Å²) < 4.78 is 5.24. The predicted octanol–water partition coefficient (Wildman–Crippen LogP) is 2.62. The average Bonchev–Trinajstić information content (AvgIpc) is 2.86. The van der Waals surface area contributed by atoms with Crippen molar-refractivity contribution < 1.29 is 4.42 Å². The molecule has 0 atom stereocenters. The zero-order valence-corrected chi connectivity index (χ0v) is 7.32. The lowest BCUT2D eigenvalue weighted by molar-refractivity contribution is 0.578. The van der Waals surface area contributed by atoms with E-state index in [-0.39, 0.29) is 0 Å². The van der Waals surface area contributed by atoms with Gasteiger partial charge in [0.2, 0.25) is 0 Å². The topological polar surface area (TPSA) is 41.8 Å². The smallest absolute Gasteiger partial charge is 0.174 e. The summed E-state index contributed by atoms with van der Waals surface area (Å²) in [7, 11) is 0. The van der Waals surface area contributed by atoms with Gasteiger partial charge in [-0.05, 0) is 18.2 Å². The molecule has 0 fully saturated rings. The van der Waals surface area contributed by atoms with Gasteiger partial charge in [0.1, 0.15) is 0 Å². The summed E-state index contributed by atoms with van der Waals surface area (Å²) in [6, 6.07) is 12.5. The fourth-order valence-electron chi connectivity index (χ4n) is 1.42. The van der Waals surface area contributed by atoms with Gasteiger partial charge in [-0.3, -0.25) is 0 Å². The number of benzene rings is 1. The normalized spacial score (nSPS) is 10.9. The van der Waals surface area contributed by atoms with E-state index in [1.165, 1.54) is 0 Å². The highest BCUT2D eigenvalue weighted by Gasteiger charge is 2.05. The van der Waals surface area contributed by atoms with Crippen molar-refractivity contribution in [2.75, 3.05) is 0 Å².